The van der Waals surface area contributed by atoms with E-state index in [4.69, 9.17) is 5.11 Å². The number of hydrogen-bond acceptors (Lipinski definition) is 4. The minimum atomic E-state index is -0.435. The Morgan fingerprint density at radius 3 is 2.32 bits per heavy atom. The molecule has 2 atom stereocenters. The summed E-state index contributed by atoms with van der Waals surface area (Å²) in [4.78, 5) is 16.8. The smallest absolute Gasteiger partial charge is 0.188 e. The van der Waals surface area contributed by atoms with Gasteiger partial charge in [-0.15, -0.1) is 0 Å². The zero-order chi connectivity index (χ0) is 24.3. The first kappa shape index (κ1) is 24.8. The van der Waals surface area contributed by atoms with Gasteiger partial charge in [-0.05, 0) is 60.8 Å². The maximum Gasteiger partial charge on any atom is 0.188 e. The van der Waals surface area contributed by atoms with E-state index in [9.17, 15) is 4.79 Å². The van der Waals surface area contributed by atoms with Crippen LogP contribution in [0.25, 0.3) is 5.57 Å². The Hall–Kier alpha value is -2.27. The van der Waals surface area contributed by atoms with E-state index in [1.807, 2.05) is 24.3 Å². The highest BCUT2D eigenvalue weighted by molar-refractivity contribution is 5.96. The number of hydrogen-bond donors (Lipinski definition) is 1. The van der Waals surface area contributed by atoms with E-state index in [-0.39, 0.29) is 5.78 Å². The molecule has 1 saturated heterocycles. The fourth-order valence-electron chi connectivity index (χ4n) is 5.47. The lowest BCUT2D eigenvalue weighted by Crippen LogP contribution is -2.55. The SMILES string of the molecule is C[C@@H]1CN(Cc2ccc(C(=O)CO)cc2)C[C@H](C)N1Cc1cccc(C2=CCC(C)(C)CC2)c1. The van der Waals surface area contributed by atoms with Crippen LogP contribution < -0.4 is 0 Å². The number of allylic oxidation sites excluding steroid dienone is 2. The van der Waals surface area contributed by atoms with Crippen molar-refractivity contribution in [3.05, 3.63) is 76.9 Å². The van der Waals surface area contributed by atoms with Crippen molar-refractivity contribution in [3.8, 4) is 0 Å². The van der Waals surface area contributed by atoms with Gasteiger partial charge in [-0.2, -0.15) is 0 Å². The summed E-state index contributed by atoms with van der Waals surface area (Å²) in [5, 5.41) is 9.04. The van der Waals surface area contributed by atoms with Crippen molar-refractivity contribution < 1.29 is 9.90 Å². The van der Waals surface area contributed by atoms with Gasteiger partial charge in [0.05, 0.1) is 0 Å². The molecule has 0 aromatic heterocycles. The molecule has 1 aliphatic carbocycles. The number of piperazine rings is 1. The molecule has 1 fully saturated rings. The van der Waals surface area contributed by atoms with Crippen LogP contribution in [-0.2, 0) is 13.1 Å². The van der Waals surface area contributed by atoms with Gasteiger partial charge in [-0.1, -0.05) is 68.5 Å². The summed E-state index contributed by atoms with van der Waals surface area (Å²) >= 11 is 0. The topological polar surface area (TPSA) is 43.8 Å². The standard InChI is InChI=1S/C30H40N2O2/c1-22-17-31(19-24-8-10-27(11-9-24)29(34)21-33)18-23(2)32(22)20-25-6-5-7-28(16-25)26-12-14-30(3,4)15-13-26/h5-12,16,22-23,33H,13-15,17-21H2,1-4H3/t22-,23+. The highest BCUT2D eigenvalue weighted by Crippen LogP contribution is 2.38. The van der Waals surface area contributed by atoms with Gasteiger partial charge in [0.2, 0.25) is 0 Å². The number of rotatable bonds is 7. The Labute approximate surface area is 205 Å². The van der Waals surface area contributed by atoms with Crippen molar-refractivity contribution >= 4 is 11.4 Å². The predicted molar refractivity (Wildman–Crippen MR) is 140 cm³/mol. The third-order valence-corrected chi connectivity index (χ3v) is 7.64. The summed E-state index contributed by atoms with van der Waals surface area (Å²) in [6, 6.07) is 17.8. The molecule has 2 aromatic carbocycles. The molecule has 182 valence electrons. The van der Waals surface area contributed by atoms with Gasteiger partial charge in [0.25, 0.3) is 0 Å². The molecule has 4 nitrogen and oxygen atoms in total. The molecule has 1 aliphatic heterocycles. The van der Waals surface area contributed by atoms with Gasteiger partial charge in [-0.3, -0.25) is 14.6 Å². The molecule has 0 bridgehead atoms. The lowest BCUT2D eigenvalue weighted by molar-refractivity contribution is 0.0290. The summed E-state index contributed by atoms with van der Waals surface area (Å²) in [5.41, 5.74) is 6.53. The Morgan fingerprint density at radius 2 is 1.71 bits per heavy atom. The Bertz CT molecular complexity index is 1010. The van der Waals surface area contributed by atoms with E-state index in [0.29, 0.717) is 23.1 Å². The van der Waals surface area contributed by atoms with Crippen molar-refractivity contribution in [1.82, 2.24) is 9.80 Å². The molecule has 2 aliphatic rings. The van der Waals surface area contributed by atoms with Gasteiger partial charge < -0.3 is 5.11 Å². The van der Waals surface area contributed by atoms with Crippen LogP contribution in [0, 0.1) is 5.41 Å². The summed E-state index contributed by atoms with van der Waals surface area (Å²) in [7, 11) is 0. The fourth-order valence-corrected chi connectivity index (χ4v) is 5.47. The lowest BCUT2D eigenvalue weighted by Gasteiger charge is -2.44. The normalized spacial score (nSPS) is 23.5. The Balaban J connectivity index is 1.37. The predicted octanol–water partition coefficient (Wildman–Crippen LogP) is 5.55. The summed E-state index contributed by atoms with van der Waals surface area (Å²) < 4.78 is 0. The third kappa shape index (κ3) is 6.04. The monoisotopic (exact) mass is 460 g/mol. The van der Waals surface area contributed by atoms with E-state index >= 15 is 0 Å². The largest absolute Gasteiger partial charge is 0.388 e. The number of ketones is 1. The minimum Gasteiger partial charge on any atom is -0.388 e. The average molecular weight is 461 g/mol. The highest BCUT2D eigenvalue weighted by Gasteiger charge is 2.29. The van der Waals surface area contributed by atoms with Gasteiger partial charge in [-0.25, -0.2) is 0 Å². The van der Waals surface area contributed by atoms with Crippen LogP contribution in [0.15, 0.2) is 54.6 Å². The Kier molecular flexibility index (Phi) is 7.71. The molecule has 2 aromatic rings. The quantitative estimate of drug-likeness (QED) is 0.550. The van der Waals surface area contributed by atoms with Gasteiger partial charge in [0, 0.05) is 43.8 Å². The molecule has 4 rings (SSSR count). The molecule has 1 heterocycles. The first-order chi connectivity index (χ1) is 16.2. The number of carbonyl (C=O) groups excluding carboxylic acids is 1. The van der Waals surface area contributed by atoms with Crippen LogP contribution in [-0.4, -0.2) is 52.5 Å². The first-order valence-electron chi connectivity index (χ1n) is 12.7. The molecule has 4 heteroatoms. The molecule has 0 saturated carbocycles. The first-order valence-corrected chi connectivity index (χ1v) is 12.7. The van der Waals surface area contributed by atoms with Crippen LogP contribution in [0.2, 0.25) is 0 Å². The van der Waals surface area contributed by atoms with E-state index in [1.165, 1.54) is 41.5 Å². The van der Waals surface area contributed by atoms with Crippen LogP contribution in [0.1, 0.15) is 74.0 Å². The van der Waals surface area contributed by atoms with E-state index < -0.39 is 6.61 Å². The number of nitrogens with zero attached hydrogens (tertiary/aromatic N) is 2. The molecular formula is C30H40N2O2. The van der Waals surface area contributed by atoms with Gasteiger partial charge in [0.15, 0.2) is 5.78 Å². The molecule has 0 spiro atoms. The van der Waals surface area contributed by atoms with Crippen LogP contribution in [0.3, 0.4) is 0 Å². The lowest BCUT2D eigenvalue weighted by atomic mass is 9.77. The molecule has 0 amide bonds. The zero-order valence-electron chi connectivity index (χ0n) is 21.3. The third-order valence-electron chi connectivity index (χ3n) is 7.64. The zero-order valence-corrected chi connectivity index (χ0v) is 21.3. The molecule has 0 radical (unpaired) electrons. The maximum absolute atomic E-state index is 11.7. The number of benzene rings is 2. The van der Waals surface area contributed by atoms with Crippen molar-refractivity contribution in [1.29, 1.82) is 0 Å². The molecular weight excluding hydrogens is 420 g/mol. The molecule has 0 unspecified atom stereocenters. The second-order valence-corrected chi connectivity index (χ2v) is 11.1. The summed E-state index contributed by atoms with van der Waals surface area (Å²) in [5.74, 6) is -0.227. The van der Waals surface area contributed by atoms with Crippen LogP contribution in [0.5, 0.6) is 0 Å². The molecule has 34 heavy (non-hydrogen) atoms. The summed E-state index contributed by atoms with van der Waals surface area (Å²) in [6.07, 6.45) is 6.07. The van der Waals surface area contributed by atoms with Crippen LogP contribution >= 0.6 is 0 Å². The highest BCUT2D eigenvalue weighted by atomic mass is 16.3. The number of Topliss-reactive ketones (excluding diaryl/α,β-unsaturated/α-hetero) is 1. The second-order valence-electron chi connectivity index (χ2n) is 11.1. The second kappa shape index (κ2) is 10.6. The van der Waals surface area contributed by atoms with Crippen LogP contribution in [0.4, 0.5) is 0 Å². The van der Waals surface area contributed by atoms with Crippen molar-refractivity contribution in [2.75, 3.05) is 19.7 Å². The number of aliphatic hydroxyl groups excluding tert-OH is 1. The van der Waals surface area contributed by atoms with Crippen molar-refractivity contribution in [2.45, 2.75) is 72.1 Å². The molecule has 1 N–H and O–H groups in total. The van der Waals surface area contributed by atoms with Crippen molar-refractivity contribution in [3.63, 3.8) is 0 Å². The van der Waals surface area contributed by atoms with E-state index in [2.05, 4.69) is 67.8 Å². The van der Waals surface area contributed by atoms with Crippen molar-refractivity contribution in [2.24, 2.45) is 5.41 Å². The average Bonchev–Trinajstić information content (AvgIpc) is 2.81. The number of carbonyl (C=O) groups is 1. The minimum absolute atomic E-state index is 0.227. The van der Waals surface area contributed by atoms with Gasteiger partial charge >= 0.3 is 0 Å². The number of aliphatic hydroxyl groups is 1. The van der Waals surface area contributed by atoms with Gasteiger partial charge in [0.1, 0.15) is 6.61 Å². The van der Waals surface area contributed by atoms with E-state index in [1.54, 1.807) is 0 Å². The Morgan fingerprint density at radius 1 is 1.00 bits per heavy atom. The summed E-state index contributed by atoms with van der Waals surface area (Å²) in [6.45, 7) is 12.9. The fraction of sp³-hybridized carbons (Fsp3) is 0.500. The van der Waals surface area contributed by atoms with E-state index in [0.717, 1.165) is 26.2 Å². The maximum atomic E-state index is 11.7.